The first kappa shape index (κ1) is 22.2. The molecular weight excluding hydrogens is 394 g/mol. The largest absolute Gasteiger partial charge is 0.493 e. The molecule has 3 N–H and O–H groups in total. The highest BCUT2D eigenvalue weighted by molar-refractivity contribution is 6.03. The Hall–Kier alpha value is -3.48. The van der Waals surface area contributed by atoms with Gasteiger partial charge in [0.05, 0.1) is 25.1 Å². The van der Waals surface area contributed by atoms with E-state index in [1.165, 1.54) is 6.08 Å². The van der Waals surface area contributed by atoms with E-state index < -0.39 is 0 Å². The average Bonchev–Trinajstić information content (AvgIpc) is 2.79. The molecule has 0 aromatic heterocycles. The van der Waals surface area contributed by atoms with E-state index in [1.807, 2.05) is 49.4 Å². The van der Waals surface area contributed by atoms with Crippen molar-refractivity contribution in [3.63, 3.8) is 0 Å². The van der Waals surface area contributed by atoms with Gasteiger partial charge in [0.1, 0.15) is 0 Å². The molecule has 0 spiro atoms. The van der Waals surface area contributed by atoms with Gasteiger partial charge in [0.25, 0.3) is 0 Å². The first-order valence-electron chi connectivity index (χ1n) is 10.4. The Morgan fingerprint density at radius 3 is 2.58 bits per heavy atom. The first-order chi connectivity index (χ1) is 15.0. The third-order valence-corrected chi connectivity index (χ3v) is 5.31. The van der Waals surface area contributed by atoms with Gasteiger partial charge in [0.2, 0.25) is 11.8 Å². The second kappa shape index (κ2) is 10.5. The zero-order valence-electron chi connectivity index (χ0n) is 18.0. The van der Waals surface area contributed by atoms with Gasteiger partial charge in [-0.15, -0.1) is 0 Å². The van der Waals surface area contributed by atoms with Crippen molar-refractivity contribution in [1.29, 1.82) is 0 Å². The number of nitrogens with zero attached hydrogens (tertiary/aromatic N) is 1. The van der Waals surface area contributed by atoms with Crippen molar-refractivity contribution in [2.45, 2.75) is 19.8 Å². The van der Waals surface area contributed by atoms with Crippen molar-refractivity contribution in [2.75, 3.05) is 37.0 Å². The van der Waals surface area contributed by atoms with Crippen LogP contribution in [0.4, 0.5) is 11.4 Å². The number of hydrogen-bond acceptors (Lipinski definition) is 5. The van der Waals surface area contributed by atoms with Crippen LogP contribution in [0.2, 0.25) is 0 Å². The van der Waals surface area contributed by atoms with Gasteiger partial charge in [-0.2, -0.15) is 0 Å². The number of hydrogen-bond donors (Lipinski definition) is 2. The number of nitrogens with one attached hydrogen (secondary N) is 1. The highest BCUT2D eigenvalue weighted by atomic mass is 16.5. The van der Waals surface area contributed by atoms with E-state index in [1.54, 1.807) is 13.2 Å². The van der Waals surface area contributed by atoms with E-state index in [0.29, 0.717) is 18.1 Å². The van der Waals surface area contributed by atoms with Crippen molar-refractivity contribution in [2.24, 2.45) is 11.7 Å². The summed E-state index contributed by atoms with van der Waals surface area (Å²) >= 11 is 0. The van der Waals surface area contributed by atoms with E-state index in [-0.39, 0.29) is 17.7 Å². The Balaban J connectivity index is 1.67. The molecule has 7 nitrogen and oxygen atoms in total. The minimum absolute atomic E-state index is 0.0768. The van der Waals surface area contributed by atoms with Gasteiger partial charge in [-0.3, -0.25) is 9.59 Å². The van der Waals surface area contributed by atoms with Crippen LogP contribution in [0.15, 0.2) is 48.5 Å². The van der Waals surface area contributed by atoms with E-state index in [4.69, 9.17) is 15.2 Å². The summed E-state index contributed by atoms with van der Waals surface area (Å²) in [5, 5.41) is 2.96. The maximum absolute atomic E-state index is 12.6. The molecule has 164 valence electrons. The lowest BCUT2D eigenvalue weighted by Gasteiger charge is -2.33. The lowest BCUT2D eigenvalue weighted by atomic mass is 9.96. The quantitative estimate of drug-likeness (QED) is 0.635. The number of piperidine rings is 1. The van der Waals surface area contributed by atoms with Crippen molar-refractivity contribution >= 4 is 29.3 Å². The topological polar surface area (TPSA) is 93.9 Å². The van der Waals surface area contributed by atoms with Crippen LogP contribution in [0.25, 0.3) is 6.08 Å². The molecule has 2 aromatic carbocycles. The maximum atomic E-state index is 12.6. The van der Waals surface area contributed by atoms with Crippen LogP contribution < -0.4 is 25.4 Å². The second-order valence-corrected chi connectivity index (χ2v) is 7.35. The number of carbonyl (C=O) groups is 2. The summed E-state index contributed by atoms with van der Waals surface area (Å²) in [6, 6.07) is 13.2. The Kier molecular flexibility index (Phi) is 7.54. The minimum Gasteiger partial charge on any atom is -0.493 e. The van der Waals surface area contributed by atoms with Gasteiger partial charge >= 0.3 is 0 Å². The minimum atomic E-state index is -0.239. The number of ether oxygens (including phenoxy) is 2. The predicted octanol–water partition coefficient (Wildman–Crippen LogP) is 3.45. The lowest BCUT2D eigenvalue weighted by molar-refractivity contribution is -0.122. The average molecular weight is 424 g/mol. The number of methoxy groups -OCH3 is 1. The molecular formula is C24H29N3O4. The predicted molar refractivity (Wildman–Crippen MR) is 122 cm³/mol. The van der Waals surface area contributed by atoms with E-state index in [0.717, 1.165) is 42.9 Å². The molecule has 1 heterocycles. The Bertz CT molecular complexity index is 950. The van der Waals surface area contributed by atoms with Gasteiger partial charge in [0, 0.05) is 25.1 Å². The highest BCUT2D eigenvalue weighted by Gasteiger charge is 2.24. The van der Waals surface area contributed by atoms with Crippen LogP contribution in [0, 0.1) is 5.92 Å². The number of para-hydroxylation sites is 2. The van der Waals surface area contributed by atoms with E-state index >= 15 is 0 Å². The van der Waals surface area contributed by atoms with Crippen molar-refractivity contribution in [3.05, 3.63) is 54.1 Å². The first-order valence-corrected chi connectivity index (χ1v) is 10.4. The Labute approximate surface area is 182 Å². The van der Waals surface area contributed by atoms with Crippen LogP contribution in [0.5, 0.6) is 11.5 Å². The summed E-state index contributed by atoms with van der Waals surface area (Å²) in [6.07, 6.45) is 4.66. The van der Waals surface area contributed by atoms with Crippen LogP contribution >= 0.6 is 0 Å². The standard InChI is InChI=1S/C24H29N3O4/c1-3-31-21-10-8-17(16-22(21)30-2)9-11-23(28)26-19-6-4-5-7-20(19)27-14-12-18(13-15-27)24(25)29/h4-11,16,18H,3,12-15H2,1-2H3,(H2,25,29)(H,26,28)/b11-9+. The molecule has 0 radical (unpaired) electrons. The number of benzene rings is 2. The third kappa shape index (κ3) is 5.78. The molecule has 31 heavy (non-hydrogen) atoms. The van der Waals surface area contributed by atoms with Gasteiger partial charge < -0.3 is 25.4 Å². The molecule has 1 aliphatic heterocycles. The van der Waals surface area contributed by atoms with Crippen LogP contribution in [0.1, 0.15) is 25.3 Å². The van der Waals surface area contributed by atoms with Gasteiger partial charge in [-0.05, 0) is 55.7 Å². The molecule has 0 aliphatic carbocycles. The summed E-state index contributed by atoms with van der Waals surface area (Å²) in [6.45, 7) is 3.91. The summed E-state index contributed by atoms with van der Waals surface area (Å²) in [5.74, 6) is 0.742. The lowest BCUT2D eigenvalue weighted by Crippen LogP contribution is -2.38. The van der Waals surface area contributed by atoms with Crippen molar-refractivity contribution < 1.29 is 19.1 Å². The molecule has 0 bridgehead atoms. The summed E-state index contributed by atoms with van der Waals surface area (Å²) in [7, 11) is 1.58. The molecule has 3 rings (SSSR count). The van der Waals surface area contributed by atoms with Crippen molar-refractivity contribution in [1.82, 2.24) is 0 Å². The molecule has 7 heteroatoms. The van der Waals surface area contributed by atoms with Crippen LogP contribution in [0.3, 0.4) is 0 Å². The fourth-order valence-electron chi connectivity index (χ4n) is 3.67. The number of rotatable bonds is 8. The normalized spacial score (nSPS) is 14.5. The zero-order chi connectivity index (χ0) is 22.2. The molecule has 0 unspecified atom stereocenters. The molecule has 1 saturated heterocycles. The molecule has 0 atom stereocenters. The summed E-state index contributed by atoms with van der Waals surface area (Å²) < 4.78 is 10.9. The van der Waals surface area contributed by atoms with Crippen LogP contribution in [-0.2, 0) is 9.59 Å². The Morgan fingerprint density at radius 2 is 1.90 bits per heavy atom. The Morgan fingerprint density at radius 1 is 1.16 bits per heavy atom. The molecule has 2 aromatic rings. The number of amides is 2. The highest BCUT2D eigenvalue weighted by Crippen LogP contribution is 2.30. The number of primary amides is 1. The smallest absolute Gasteiger partial charge is 0.248 e. The fraction of sp³-hybridized carbons (Fsp3) is 0.333. The molecule has 1 aliphatic rings. The van der Waals surface area contributed by atoms with E-state index in [2.05, 4.69) is 10.2 Å². The van der Waals surface area contributed by atoms with Gasteiger partial charge in [-0.1, -0.05) is 18.2 Å². The SMILES string of the molecule is CCOc1ccc(/C=C/C(=O)Nc2ccccc2N2CCC(C(N)=O)CC2)cc1OC. The summed E-state index contributed by atoms with van der Waals surface area (Å²) in [4.78, 5) is 26.1. The zero-order valence-corrected chi connectivity index (χ0v) is 18.0. The second-order valence-electron chi connectivity index (χ2n) is 7.35. The molecule has 1 fully saturated rings. The van der Waals surface area contributed by atoms with Gasteiger partial charge in [0.15, 0.2) is 11.5 Å². The monoisotopic (exact) mass is 423 g/mol. The number of nitrogens with two attached hydrogens (primary N) is 1. The van der Waals surface area contributed by atoms with Gasteiger partial charge in [-0.25, -0.2) is 0 Å². The number of carbonyl (C=O) groups excluding carboxylic acids is 2. The molecule has 0 saturated carbocycles. The van der Waals surface area contributed by atoms with E-state index in [9.17, 15) is 9.59 Å². The van der Waals surface area contributed by atoms with Crippen molar-refractivity contribution in [3.8, 4) is 11.5 Å². The van der Waals surface area contributed by atoms with Crippen LogP contribution in [-0.4, -0.2) is 38.6 Å². The fourth-order valence-corrected chi connectivity index (χ4v) is 3.67. The maximum Gasteiger partial charge on any atom is 0.248 e. The summed E-state index contributed by atoms with van der Waals surface area (Å²) in [5.41, 5.74) is 7.94. The molecule has 2 amide bonds. The third-order valence-electron chi connectivity index (χ3n) is 5.31. The number of anilines is 2.